The lowest BCUT2D eigenvalue weighted by molar-refractivity contribution is -0.130. The first-order valence-corrected chi connectivity index (χ1v) is 9.84. The minimum absolute atomic E-state index is 0.00324. The smallest absolute Gasteiger partial charge is 0.315 e. The fourth-order valence-corrected chi connectivity index (χ4v) is 5.75. The van der Waals surface area contributed by atoms with Gasteiger partial charge in [0.25, 0.3) is 0 Å². The van der Waals surface area contributed by atoms with E-state index >= 15 is 0 Å². The van der Waals surface area contributed by atoms with Crippen molar-refractivity contribution in [3.63, 3.8) is 0 Å². The molecule has 1 aromatic rings. The number of rotatable bonds is 6. The van der Waals surface area contributed by atoms with Gasteiger partial charge in [0.1, 0.15) is 5.76 Å². The van der Waals surface area contributed by atoms with Crippen LogP contribution in [0.5, 0.6) is 0 Å². The average Bonchev–Trinajstić information content (AvgIpc) is 3.05. The number of furan rings is 1. The maximum absolute atomic E-state index is 12.4. The van der Waals surface area contributed by atoms with E-state index in [1.165, 1.54) is 19.3 Å². The van der Waals surface area contributed by atoms with Crippen molar-refractivity contribution in [2.45, 2.75) is 57.0 Å². The van der Waals surface area contributed by atoms with Gasteiger partial charge in [0.2, 0.25) is 5.91 Å². The first kappa shape index (κ1) is 17.4. The van der Waals surface area contributed by atoms with Gasteiger partial charge in [-0.2, -0.15) is 0 Å². The van der Waals surface area contributed by atoms with Gasteiger partial charge in [0.05, 0.1) is 12.8 Å². The Morgan fingerprint density at radius 3 is 2.42 bits per heavy atom. The Bertz CT molecular complexity index is 620. The lowest BCUT2D eigenvalue weighted by Crippen LogP contribution is -2.61. The summed E-state index contributed by atoms with van der Waals surface area (Å²) in [6.45, 7) is 0.810. The molecule has 0 aromatic carbocycles. The van der Waals surface area contributed by atoms with E-state index in [0.717, 1.165) is 42.8 Å². The van der Waals surface area contributed by atoms with Crippen molar-refractivity contribution in [1.29, 1.82) is 0 Å². The molecule has 142 valence electrons. The highest BCUT2D eigenvalue weighted by atomic mass is 16.3. The van der Waals surface area contributed by atoms with Crippen molar-refractivity contribution < 1.29 is 14.0 Å². The van der Waals surface area contributed by atoms with Gasteiger partial charge in [0.15, 0.2) is 0 Å². The molecule has 0 saturated heterocycles. The van der Waals surface area contributed by atoms with Crippen LogP contribution >= 0.6 is 0 Å². The van der Waals surface area contributed by atoms with Gasteiger partial charge in [0, 0.05) is 25.6 Å². The molecule has 4 aliphatic carbocycles. The molecule has 6 nitrogen and oxygen atoms in total. The lowest BCUT2D eigenvalue weighted by atomic mass is 9.53. The molecule has 4 bridgehead atoms. The number of amides is 3. The number of nitrogens with one attached hydrogen (secondary N) is 2. The molecule has 2 N–H and O–H groups in total. The number of nitrogens with zero attached hydrogens (tertiary/aromatic N) is 1. The zero-order chi connectivity index (χ0) is 18.1. The summed E-state index contributed by atoms with van der Waals surface area (Å²) >= 11 is 0. The van der Waals surface area contributed by atoms with Crippen molar-refractivity contribution in [2.24, 2.45) is 17.8 Å². The summed E-state index contributed by atoms with van der Waals surface area (Å²) in [5, 5.41) is 6.16. The zero-order valence-corrected chi connectivity index (χ0v) is 15.5. The van der Waals surface area contributed by atoms with E-state index in [4.69, 9.17) is 4.42 Å². The molecule has 4 saturated carbocycles. The highest BCUT2D eigenvalue weighted by Crippen LogP contribution is 2.55. The molecule has 5 rings (SSSR count). The Morgan fingerprint density at radius 2 is 1.85 bits per heavy atom. The monoisotopic (exact) mass is 359 g/mol. The largest absolute Gasteiger partial charge is 0.467 e. The van der Waals surface area contributed by atoms with Gasteiger partial charge < -0.3 is 20.0 Å². The molecule has 0 radical (unpaired) electrons. The predicted octanol–water partition coefficient (Wildman–Crippen LogP) is 2.90. The summed E-state index contributed by atoms with van der Waals surface area (Å²) in [4.78, 5) is 26.2. The summed E-state index contributed by atoms with van der Waals surface area (Å²) in [5.74, 6) is 3.17. The quantitative estimate of drug-likeness (QED) is 0.820. The van der Waals surface area contributed by atoms with E-state index in [2.05, 4.69) is 10.6 Å². The van der Waals surface area contributed by atoms with E-state index in [1.54, 1.807) is 18.2 Å². The van der Waals surface area contributed by atoms with E-state index in [-0.39, 0.29) is 17.5 Å². The van der Waals surface area contributed by atoms with E-state index < -0.39 is 0 Å². The molecule has 6 heteroatoms. The van der Waals surface area contributed by atoms with Crippen LogP contribution < -0.4 is 10.6 Å². The standard InChI is InChI=1S/C20H29N3O3/c1-23(13-17-3-2-6-26-17)18(24)4-5-21-19(25)22-20-10-14-7-15(11-20)9-16(8-14)12-20/h2-3,6,14-16H,4-5,7-13H2,1H3,(H2,21,22,25). The Morgan fingerprint density at radius 1 is 1.19 bits per heavy atom. The lowest BCUT2D eigenvalue weighted by Gasteiger charge is -2.56. The summed E-state index contributed by atoms with van der Waals surface area (Å²) in [6, 6.07) is 3.54. The minimum atomic E-state index is -0.117. The number of carbonyl (C=O) groups excluding carboxylic acids is 2. The van der Waals surface area contributed by atoms with Gasteiger partial charge in [-0.25, -0.2) is 4.79 Å². The van der Waals surface area contributed by atoms with Gasteiger partial charge in [-0.15, -0.1) is 0 Å². The van der Waals surface area contributed by atoms with Gasteiger partial charge in [-0.05, 0) is 68.4 Å². The fraction of sp³-hybridized carbons (Fsp3) is 0.700. The molecular weight excluding hydrogens is 330 g/mol. The molecule has 0 unspecified atom stereocenters. The van der Waals surface area contributed by atoms with Crippen LogP contribution in [0, 0.1) is 17.8 Å². The fourth-order valence-electron chi connectivity index (χ4n) is 5.75. The van der Waals surface area contributed by atoms with Crippen LogP contribution in [0.4, 0.5) is 4.79 Å². The second-order valence-electron chi connectivity index (χ2n) is 8.66. The van der Waals surface area contributed by atoms with Crippen LogP contribution in [-0.2, 0) is 11.3 Å². The third-order valence-electron chi connectivity index (χ3n) is 6.44. The Balaban J connectivity index is 1.20. The van der Waals surface area contributed by atoms with E-state index in [0.29, 0.717) is 19.5 Å². The van der Waals surface area contributed by atoms with Crippen LogP contribution in [-0.4, -0.2) is 36.0 Å². The van der Waals surface area contributed by atoms with Crippen LogP contribution in [0.25, 0.3) is 0 Å². The minimum Gasteiger partial charge on any atom is -0.467 e. The number of urea groups is 1. The molecule has 0 atom stereocenters. The Hall–Kier alpha value is -1.98. The molecule has 4 fully saturated rings. The molecule has 26 heavy (non-hydrogen) atoms. The van der Waals surface area contributed by atoms with Crippen LogP contribution in [0.15, 0.2) is 22.8 Å². The first-order chi connectivity index (χ1) is 12.5. The van der Waals surface area contributed by atoms with Crippen molar-refractivity contribution in [2.75, 3.05) is 13.6 Å². The molecule has 1 heterocycles. The number of hydrogen-bond donors (Lipinski definition) is 2. The molecule has 1 aromatic heterocycles. The van der Waals surface area contributed by atoms with Gasteiger partial charge >= 0.3 is 6.03 Å². The van der Waals surface area contributed by atoms with Crippen molar-refractivity contribution in [3.05, 3.63) is 24.2 Å². The zero-order valence-electron chi connectivity index (χ0n) is 15.5. The SMILES string of the molecule is CN(Cc1ccco1)C(=O)CCNC(=O)NC12CC3CC(CC(C3)C1)C2. The van der Waals surface area contributed by atoms with E-state index in [9.17, 15) is 9.59 Å². The topological polar surface area (TPSA) is 74.6 Å². The maximum atomic E-state index is 12.4. The third-order valence-corrected chi connectivity index (χ3v) is 6.44. The van der Waals surface area contributed by atoms with Gasteiger partial charge in [-0.1, -0.05) is 0 Å². The second kappa shape index (κ2) is 6.97. The second-order valence-corrected chi connectivity index (χ2v) is 8.66. The Kier molecular flexibility index (Phi) is 4.67. The van der Waals surface area contributed by atoms with Crippen molar-refractivity contribution in [1.82, 2.24) is 15.5 Å². The molecule has 3 amide bonds. The molecule has 0 aliphatic heterocycles. The van der Waals surface area contributed by atoms with Crippen LogP contribution in [0.3, 0.4) is 0 Å². The van der Waals surface area contributed by atoms with Crippen LogP contribution in [0.2, 0.25) is 0 Å². The summed E-state index contributed by atoms with van der Waals surface area (Å²) in [6.07, 6.45) is 9.39. The van der Waals surface area contributed by atoms with E-state index in [1.807, 2.05) is 12.1 Å². The summed E-state index contributed by atoms with van der Waals surface area (Å²) in [7, 11) is 1.75. The highest BCUT2D eigenvalue weighted by molar-refractivity contribution is 5.78. The van der Waals surface area contributed by atoms with Crippen molar-refractivity contribution in [3.8, 4) is 0 Å². The summed E-state index contributed by atoms with van der Waals surface area (Å²) < 4.78 is 5.26. The number of hydrogen-bond acceptors (Lipinski definition) is 3. The first-order valence-electron chi connectivity index (χ1n) is 9.84. The third kappa shape index (κ3) is 3.74. The van der Waals surface area contributed by atoms with Crippen LogP contribution in [0.1, 0.15) is 50.7 Å². The van der Waals surface area contributed by atoms with Gasteiger partial charge in [-0.3, -0.25) is 4.79 Å². The number of carbonyl (C=O) groups is 2. The molecule has 0 spiro atoms. The average molecular weight is 359 g/mol. The Labute approximate surface area is 154 Å². The predicted molar refractivity (Wildman–Crippen MR) is 97.2 cm³/mol. The van der Waals surface area contributed by atoms with Crippen molar-refractivity contribution >= 4 is 11.9 Å². The normalized spacial score (nSPS) is 31.7. The highest BCUT2D eigenvalue weighted by Gasteiger charge is 2.51. The summed E-state index contributed by atoms with van der Waals surface area (Å²) in [5.41, 5.74) is 0.0128. The molecular formula is C20H29N3O3. The maximum Gasteiger partial charge on any atom is 0.315 e. The molecule has 4 aliphatic rings.